The first-order valence-electron chi connectivity index (χ1n) is 8.90. The SMILES string of the molecule is CCCN(CC(=O)Nc1ccc(Cl)cc1Cl)CC(=O)Nc1ccc([N+](=O)[O-])cc1Cl. The van der Waals surface area contributed by atoms with Crippen molar-refractivity contribution in [1.82, 2.24) is 4.90 Å². The smallest absolute Gasteiger partial charge is 0.271 e. The zero-order valence-corrected chi connectivity index (χ0v) is 18.2. The van der Waals surface area contributed by atoms with Crippen molar-refractivity contribution in [2.24, 2.45) is 0 Å². The lowest BCUT2D eigenvalue weighted by molar-refractivity contribution is -0.384. The van der Waals surface area contributed by atoms with Crippen LogP contribution < -0.4 is 10.6 Å². The van der Waals surface area contributed by atoms with E-state index < -0.39 is 10.8 Å². The first-order chi connectivity index (χ1) is 14.2. The van der Waals surface area contributed by atoms with Crippen LogP contribution in [0.2, 0.25) is 15.1 Å². The van der Waals surface area contributed by atoms with E-state index in [1.807, 2.05) is 6.92 Å². The number of rotatable bonds is 9. The van der Waals surface area contributed by atoms with Gasteiger partial charge in [0.15, 0.2) is 0 Å². The quantitative estimate of drug-likeness (QED) is 0.400. The summed E-state index contributed by atoms with van der Waals surface area (Å²) >= 11 is 17.9. The summed E-state index contributed by atoms with van der Waals surface area (Å²) in [4.78, 5) is 36.6. The van der Waals surface area contributed by atoms with Crippen LogP contribution in [0.1, 0.15) is 13.3 Å². The highest BCUT2D eigenvalue weighted by molar-refractivity contribution is 6.36. The second-order valence-electron chi connectivity index (χ2n) is 6.35. The summed E-state index contributed by atoms with van der Waals surface area (Å²) in [5, 5.41) is 16.9. The van der Waals surface area contributed by atoms with Crippen LogP contribution in [0.25, 0.3) is 0 Å². The Labute approximate surface area is 188 Å². The van der Waals surface area contributed by atoms with Crippen LogP contribution in [0.4, 0.5) is 17.1 Å². The van der Waals surface area contributed by atoms with Crippen molar-refractivity contribution in [3.63, 3.8) is 0 Å². The molecule has 0 spiro atoms. The van der Waals surface area contributed by atoms with E-state index >= 15 is 0 Å². The normalized spacial score (nSPS) is 10.7. The largest absolute Gasteiger partial charge is 0.324 e. The van der Waals surface area contributed by atoms with E-state index in [2.05, 4.69) is 10.6 Å². The Morgan fingerprint density at radius 3 is 1.97 bits per heavy atom. The maximum Gasteiger partial charge on any atom is 0.271 e. The molecule has 2 amide bonds. The fraction of sp³-hybridized carbons (Fsp3) is 0.263. The van der Waals surface area contributed by atoms with Gasteiger partial charge in [0.2, 0.25) is 11.8 Å². The van der Waals surface area contributed by atoms with E-state index in [4.69, 9.17) is 34.8 Å². The molecule has 0 bridgehead atoms. The maximum atomic E-state index is 12.4. The minimum atomic E-state index is -0.577. The Kier molecular flexibility index (Phi) is 8.86. The highest BCUT2D eigenvalue weighted by Crippen LogP contribution is 2.27. The predicted octanol–water partition coefficient (Wildman–Crippen LogP) is 4.84. The Hall–Kier alpha value is -2.39. The number of benzene rings is 2. The van der Waals surface area contributed by atoms with E-state index in [1.165, 1.54) is 18.2 Å². The maximum absolute atomic E-state index is 12.4. The molecule has 160 valence electrons. The van der Waals surface area contributed by atoms with E-state index in [1.54, 1.807) is 17.0 Å². The number of carbonyl (C=O) groups is 2. The van der Waals surface area contributed by atoms with Gasteiger partial charge in [0.1, 0.15) is 0 Å². The van der Waals surface area contributed by atoms with Gasteiger partial charge in [-0.3, -0.25) is 24.6 Å². The average molecular weight is 474 g/mol. The molecule has 0 saturated heterocycles. The van der Waals surface area contributed by atoms with Gasteiger partial charge in [-0.2, -0.15) is 0 Å². The standard InChI is InChI=1S/C19H19Cl3N4O4/c1-2-7-25(10-18(27)23-16-5-3-12(20)8-14(16)21)11-19(28)24-17-6-4-13(26(29)30)9-15(17)22/h3-6,8-9H,2,7,10-11H2,1H3,(H,23,27)(H,24,28). The Morgan fingerprint density at radius 1 is 0.967 bits per heavy atom. The van der Waals surface area contributed by atoms with Crippen molar-refractivity contribution in [3.05, 3.63) is 61.6 Å². The molecule has 2 aromatic rings. The highest BCUT2D eigenvalue weighted by atomic mass is 35.5. The molecule has 0 heterocycles. The van der Waals surface area contributed by atoms with Crippen LogP contribution in [-0.4, -0.2) is 41.3 Å². The molecule has 11 heteroatoms. The number of nitrogens with zero attached hydrogens (tertiary/aromatic N) is 2. The first-order valence-corrected chi connectivity index (χ1v) is 10.0. The topological polar surface area (TPSA) is 105 Å². The van der Waals surface area contributed by atoms with Crippen molar-refractivity contribution < 1.29 is 14.5 Å². The molecule has 0 fully saturated rings. The Morgan fingerprint density at radius 2 is 1.50 bits per heavy atom. The van der Waals surface area contributed by atoms with Gasteiger partial charge in [0.05, 0.1) is 39.4 Å². The molecule has 0 saturated carbocycles. The van der Waals surface area contributed by atoms with E-state index in [0.29, 0.717) is 22.3 Å². The summed E-state index contributed by atoms with van der Waals surface area (Å²) in [6.07, 6.45) is 0.723. The number of hydrogen-bond acceptors (Lipinski definition) is 5. The summed E-state index contributed by atoms with van der Waals surface area (Å²) < 4.78 is 0. The lowest BCUT2D eigenvalue weighted by atomic mass is 10.2. The molecule has 2 N–H and O–H groups in total. The number of carbonyl (C=O) groups excluding carboxylic acids is 2. The monoisotopic (exact) mass is 472 g/mol. The van der Waals surface area contributed by atoms with Crippen LogP contribution in [0.3, 0.4) is 0 Å². The number of nitrogens with one attached hydrogen (secondary N) is 2. The molecular weight excluding hydrogens is 455 g/mol. The molecule has 30 heavy (non-hydrogen) atoms. The summed E-state index contributed by atoms with van der Waals surface area (Å²) in [5.41, 5.74) is 0.494. The lowest BCUT2D eigenvalue weighted by Crippen LogP contribution is -2.39. The van der Waals surface area contributed by atoms with Gasteiger partial charge in [0, 0.05) is 17.2 Å². The Bertz CT molecular complexity index is 955. The highest BCUT2D eigenvalue weighted by Gasteiger charge is 2.17. The molecule has 0 unspecified atom stereocenters. The second-order valence-corrected chi connectivity index (χ2v) is 7.60. The van der Waals surface area contributed by atoms with Gasteiger partial charge in [-0.25, -0.2) is 0 Å². The van der Waals surface area contributed by atoms with Crippen molar-refractivity contribution in [3.8, 4) is 0 Å². The fourth-order valence-corrected chi connectivity index (χ4v) is 3.30. The van der Waals surface area contributed by atoms with Gasteiger partial charge in [0.25, 0.3) is 5.69 Å². The van der Waals surface area contributed by atoms with Gasteiger partial charge in [-0.15, -0.1) is 0 Å². The molecule has 2 rings (SSSR count). The number of halogens is 3. The molecular formula is C19H19Cl3N4O4. The lowest BCUT2D eigenvalue weighted by Gasteiger charge is -2.21. The molecule has 2 aromatic carbocycles. The average Bonchev–Trinajstić information content (AvgIpc) is 2.65. The van der Waals surface area contributed by atoms with E-state index in [0.717, 1.165) is 12.5 Å². The summed E-state index contributed by atoms with van der Waals surface area (Å²) in [7, 11) is 0. The molecule has 0 aromatic heterocycles. The third-order valence-corrected chi connectivity index (χ3v) is 4.78. The van der Waals surface area contributed by atoms with Gasteiger partial charge in [-0.05, 0) is 37.2 Å². The van der Waals surface area contributed by atoms with Crippen LogP contribution in [-0.2, 0) is 9.59 Å². The van der Waals surface area contributed by atoms with Crippen LogP contribution in [0.15, 0.2) is 36.4 Å². The van der Waals surface area contributed by atoms with E-state index in [9.17, 15) is 19.7 Å². The predicted molar refractivity (Wildman–Crippen MR) is 119 cm³/mol. The first kappa shape index (κ1) is 23.9. The summed E-state index contributed by atoms with van der Waals surface area (Å²) in [6, 6.07) is 8.48. The zero-order chi connectivity index (χ0) is 22.3. The summed E-state index contributed by atoms with van der Waals surface area (Å²) in [5.74, 6) is -0.745. The number of anilines is 2. The summed E-state index contributed by atoms with van der Waals surface area (Å²) in [6.45, 7) is 2.33. The van der Waals surface area contributed by atoms with Crippen LogP contribution >= 0.6 is 34.8 Å². The van der Waals surface area contributed by atoms with Crippen molar-refractivity contribution >= 4 is 63.7 Å². The number of non-ortho nitro benzene ring substituents is 1. The zero-order valence-electron chi connectivity index (χ0n) is 16.0. The number of nitro benzene ring substituents is 1. The minimum absolute atomic E-state index is 0.0335. The number of amides is 2. The van der Waals surface area contributed by atoms with Gasteiger partial charge >= 0.3 is 0 Å². The van der Waals surface area contributed by atoms with Crippen molar-refractivity contribution in [2.45, 2.75) is 13.3 Å². The number of nitro groups is 1. The molecule has 0 aliphatic carbocycles. The second kappa shape index (κ2) is 11.1. The van der Waals surface area contributed by atoms with Crippen LogP contribution in [0.5, 0.6) is 0 Å². The Balaban J connectivity index is 1.98. The molecule has 0 atom stereocenters. The van der Waals surface area contributed by atoms with Gasteiger partial charge < -0.3 is 10.6 Å². The number of hydrogen-bond donors (Lipinski definition) is 2. The molecule has 0 aliphatic rings. The third-order valence-electron chi connectivity index (χ3n) is 3.92. The van der Waals surface area contributed by atoms with Crippen molar-refractivity contribution in [1.29, 1.82) is 0 Å². The molecule has 0 aliphatic heterocycles. The van der Waals surface area contributed by atoms with Crippen LogP contribution in [0, 0.1) is 10.1 Å². The molecule has 8 nitrogen and oxygen atoms in total. The fourth-order valence-electron chi connectivity index (χ4n) is 2.63. The molecule has 0 radical (unpaired) electrons. The van der Waals surface area contributed by atoms with Gasteiger partial charge in [-0.1, -0.05) is 41.7 Å². The minimum Gasteiger partial charge on any atom is -0.324 e. The third kappa shape index (κ3) is 7.14. The van der Waals surface area contributed by atoms with E-state index in [-0.39, 0.29) is 35.4 Å². The van der Waals surface area contributed by atoms with Crippen molar-refractivity contribution in [2.75, 3.05) is 30.3 Å².